The van der Waals surface area contributed by atoms with Crippen LogP contribution in [0.2, 0.25) is 0 Å². The number of alkyl halides is 2. The fourth-order valence-corrected chi connectivity index (χ4v) is 4.47. The summed E-state index contributed by atoms with van der Waals surface area (Å²) < 4.78 is 28.3. The van der Waals surface area contributed by atoms with Gasteiger partial charge >= 0.3 is 0 Å². The lowest BCUT2D eigenvalue weighted by Gasteiger charge is -2.35. The molecule has 0 aliphatic carbocycles. The molecule has 0 saturated carbocycles. The highest BCUT2D eigenvalue weighted by molar-refractivity contribution is 6.23. The van der Waals surface area contributed by atoms with E-state index < -0.39 is 12.5 Å². The predicted octanol–water partition coefficient (Wildman–Crippen LogP) is 5.64. The van der Waals surface area contributed by atoms with E-state index in [0.717, 1.165) is 45.6 Å². The zero-order valence-electron chi connectivity index (χ0n) is 15.2. The minimum atomic E-state index is -2.41. The van der Waals surface area contributed by atoms with Crippen molar-refractivity contribution in [3.05, 3.63) is 60.2 Å². The molecular formula is C22H22Cl2F2N2. The molecule has 5 rings (SSSR count). The van der Waals surface area contributed by atoms with Crippen LogP contribution in [0.25, 0.3) is 32.3 Å². The van der Waals surface area contributed by atoms with Crippen LogP contribution in [0.15, 0.2) is 54.6 Å². The highest BCUT2D eigenvalue weighted by Crippen LogP contribution is 2.40. The molecule has 6 heteroatoms. The summed E-state index contributed by atoms with van der Waals surface area (Å²) in [7, 11) is 0. The third-order valence-electron chi connectivity index (χ3n) is 5.66. The molecule has 148 valence electrons. The second-order valence-electron chi connectivity index (χ2n) is 7.08. The smallest absolute Gasteiger partial charge is 0.258 e. The molecule has 1 atom stereocenters. The highest BCUT2D eigenvalue weighted by atomic mass is 35.5. The number of hydrogen-bond donors (Lipinski definition) is 1. The van der Waals surface area contributed by atoms with Crippen molar-refractivity contribution < 1.29 is 8.78 Å². The van der Waals surface area contributed by atoms with Crippen molar-refractivity contribution in [1.29, 1.82) is 0 Å². The molecule has 1 N–H and O–H groups in total. The number of hydrogen-bond acceptors (Lipinski definition) is 2. The SMILES string of the molecule is Cl.Cl.FC(F)[C@H](c1ccc2ccc3cccc4ccc1c2c34)N1CCNCC1. The van der Waals surface area contributed by atoms with Gasteiger partial charge in [0.05, 0.1) is 6.04 Å². The molecule has 1 aliphatic rings. The molecule has 0 bridgehead atoms. The molecule has 0 unspecified atom stereocenters. The van der Waals surface area contributed by atoms with Gasteiger partial charge in [0.15, 0.2) is 0 Å². The number of halogens is 4. The average molecular weight is 423 g/mol. The van der Waals surface area contributed by atoms with E-state index in [1.807, 2.05) is 29.2 Å². The maximum absolute atomic E-state index is 14.1. The molecular weight excluding hydrogens is 401 g/mol. The van der Waals surface area contributed by atoms with Crippen LogP contribution in [0.1, 0.15) is 11.6 Å². The summed E-state index contributed by atoms with van der Waals surface area (Å²) in [5.74, 6) is 0. The van der Waals surface area contributed by atoms with E-state index in [9.17, 15) is 8.78 Å². The second kappa shape index (κ2) is 8.34. The summed E-state index contributed by atoms with van der Waals surface area (Å²) in [5, 5.41) is 9.93. The first kappa shape index (κ1) is 21.0. The Morgan fingerprint density at radius 2 is 1.32 bits per heavy atom. The van der Waals surface area contributed by atoms with Crippen molar-refractivity contribution in [3.8, 4) is 0 Å². The summed E-state index contributed by atoms with van der Waals surface area (Å²) in [5.41, 5.74) is 0.743. The summed E-state index contributed by atoms with van der Waals surface area (Å²) in [6.45, 7) is 2.82. The molecule has 1 heterocycles. The lowest BCUT2D eigenvalue weighted by molar-refractivity contribution is 0.0189. The minimum absolute atomic E-state index is 0. The van der Waals surface area contributed by atoms with Crippen LogP contribution in [0.4, 0.5) is 8.78 Å². The Morgan fingerprint density at radius 3 is 1.96 bits per heavy atom. The first-order chi connectivity index (χ1) is 12.7. The Labute approximate surface area is 175 Å². The van der Waals surface area contributed by atoms with E-state index in [4.69, 9.17) is 0 Å². The first-order valence-corrected chi connectivity index (χ1v) is 9.13. The number of piperazine rings is 1. The molecule has 1 fully saturated rings. The van der Waals surface area contributed by atoms with E-state index in [-0.39, 0.29) is 24.8 Å². The van der Waals surface area contributed by atoms with Crippen molar-refractivity contribution in [2.75, 3.05) is 26.2 Å². The van der Waals surface area contributed by atoms with E-state index in [1.54, 1.807) is 0 Å². The Bertz CT molecular complexity index is 1060. The Morgan fingerprint density at radius 1 is 0.750 bits per heavy atom. The Balaban J connectivity index is 0.00000112. The maximum atomic E-state index is 14.1. The van der Waals surface area contributed by atoms with Crippen molar-refractivity contribution in [2.45, 2.75) is 12.5 Å². The molecule has 2 nitrogen and oxygen atoms in total. The fraction of sp³-hybridized carbons (Fsp3) is 0.273. The molecule has 4 aromatic carbocycles. The number of nitrogens with one attached hydrogen (secondary N) is 1. The van der Waals surface area contributed by atoms with Crippen LogP contribution in [0, 0.1) is 0 Å². The van der Waals surface area contributed by atoms with Gasteiger partial charge in [-0.15, -0.1) is 24.8 Å². The van der Waals surface area contributed by atoms with Gasteiger partial charge in [-0.2, -0.15) is 0 Å². The second-order valence-corrected chi connectivity index (χ2v) is 7.08. The van der Waals surface area contributed by atoms with Crippen LogP contribution in [0.5, 0.6) is 0 Å². The van der Waals surface area contributed by atoms with Gasteiger partial charge in [0.25, 0.3) is 6.43 Å². The summed E-state index contributed by atoms with van der Waals surface area (Å²) in [6.07, 6.45) is -2.41. The van der Waals surface area contributed by atoms with E-state index in [2.05, 4.69) is 35.6 Å². The third-order valence-corrected chi connectivity index (χ3v) is 5.66. The van der Waals surface area contributed by atoms with Gasteiger partial charge < -0.3 is 5.32 Å². The summed E-state index contributed by atoms with van der Waals surface area (Å²) in [6, 6.07) is 17.6. The molecule has 0 radical (unpaired) electrons. The van der Waals surface area contributed by atoms with Crippen LogP contribution >= 0.6 is 24.8 Å². The summed E-state index contributed by atoms with van der Waals surface area (Å²) >= 11 is 0. The van der Waals surface area contributed by atoms with Crippen LogP contribution in [-0.4, -0.2) is 37.5 Å². The molecule has 4 aromatic rings. The Hall–Kier alpha value is -1.72. The van der Waals surface area contributed by atoms with Crippen molar-refractivity contribution in [1.82, 2.24) is 10.2 Å². The normalized spacial score (nSPS) is 16.4. The van der Waals surface area contributed by atoms with Gasteiger partial charge in [-0.05, 0) is 37.9 Å². The van der Waals surface area contributed by atoms with E-state index >= 15 is 0 Å². The van der Waals surface area contributed by atoms with E-state index in [1.165, 1.54) is 5.39 Å². The molecule has 1 saturated heterocycles. The summed E-state index contributed by atoms with van der Waals surface area (Å²) in [4.78, 5) is 1.92. The fourth-order valence-electron chi connectivity index (χ4n) is 4.47. The maximum Gasteiger partial charge on any atom is 0.258 e. The van der Waals surface area contributed by atoms with Gasteiger partial charge in [-0.3, -0.25) is 4.90 Å². The highest BCUT2D eigenvalue weighted by Gasteiger charge is 2.31. The Kier molecular flexibility index (Phi) is 6.25. The van der Waals surface area contributed by atoms with E-state index in [0.29, 0.717) is 13.1 Å². The molecule has 28 heavy (non-hydrogen) atoms. The molecule has 0 amide bonds. The van der Waals surface area contributed by atoms with Crippen LogP contribution in [0.3, 0.4) is 0 Å². The van der Waals surface area contributed by atoms with Gasteiger partial charge in [-0.1, -0.05) is 54.6 Å². The van der Waals surface area contributed by atoms with Crippen molar-refractivity contribution in [3.63, 3.8) is 0 Å². The molecule has 0 aromatic heterocycles. The first-order valence-electron chi connectivity index (χ1n) is 9.13. The monoisotopic (exact) mass is 422 g/mol. The van der Waals surface area contributed by atoms with Gasteiger partial charge in [0, 0.05) is 26.2 Å². The van der Waals surface area contributed by atoms with Crippen LogP contribution in [-0.2, 0) is 0 Å². The van der Waals surface area contributed by atoms with Crippen molar-refractivity contribution >= 4 is 57.1 Å². The lowest BCUT2D eigenvalue weighted by Crippen LogP contribution is -2.46. The molecule has 1 aliphatic heterocycles. The quantitative estimate of drug-likeness (QED) is 0.429. The minimum Gasteiger partial charge on any atom is -0.314 e. The number of nitrogens with zero attached hydrogens (tertiary/aromatic N) is 1. The largest absolute Gasteiger partial charge is 0.314 e. The zero-order valence-corrected chi connectivity index (χ0v) is 16.8. The topological polar surface area (TPSA) is 15.3 Å². The third kappa shape index (κ3) is 3.29. The van der Waals surface area contributed by atoms with Gasteiger partial charge in [0.2, 0.25) is 0 Å². The number of benzene rings is 4. The van der Waals surface area contributed by atoms with Gasteiger partial charge in [0.1, 0.15) is 0 Å². The van der Waals surface area contributed by atoms with Crippen molar-refractivity contribution in [2.24, 2.45) is 0 Å². The standard InChI is InChI=1S/C22H20F2N2.2ClH/c23-22(24)21(26-12-10-25-11-13-26)18-9-7-16-5-4-14-2-1-3-15-6-8-17(18)20(16)19(14)15;;/h1-9,21-22,25H,10-13H2;2*1H/t21-;;/m0../s1. The zero-order chi connectivity index (χ0) is 17.7. The average Bonchev–Trinajstić information content (AvgIpc) is 2.68. The molecule has 0 spiro atoms. The predicted molar refractivity (Wildman–Crippen MR) is 118 cm³/mol. The number of rotatable bonds is 3. The van der Waals surface area contributed by atoms with Gasteiger partial charge in [-0.25, -0.2) is 8.78 Å². The lowest BCUT2D eigenvalue weighted by atomic mass is 9.89. The van der Waals surface area contributed by atoms with Crippen LogP contribution < -0.4 is 5.32 Å².